The number of hydrogen-bond donors (Lipinski definition) is 2. The Morgan fingerprint density at radius 1 is 1.31 bits per heavy atom. The predicted molar refractivity (Wildman–Crippen MR) is 64.4 cm³/mol. The lowest BCUT2D eigenvalue weighted by Crippen LogP contribution is -2.49. The van der Waals surface area contributed by atoms with Crippen molar-refractivity contribution in [2.75, 3.05) is 19.6 Å². The Morgan fingerprint density at radius 2 is 2.00 bits per heavy atom. The third-order valence-electron chi connectivity index (χ3n) is 4.88. The quantitative estimate of drug-likeness (QED) is 0.734. The highest BCUT2D eigenvalue weighted by Gasteiger charge is 2.43. The van der Waals surface area contributed by atoms with Crippen molar-refractivity contribution in [3.63, 3.8) is 0 Å². The van der Waals surface area contributed by atoms with Gasteiger partial charge in [0, 0.05) is 25.2 Å². The van der Waals surface area contributed by atoms with Gasteiger partial charge in [-0.25, -0.2) is 0 Å². The van der Waals surface area contributed by atoms with Gasteiger partial charge < -0.3 is 10.4 Å². The fraction of sp³-hybridized carbons (Fsp3) is 1.00. The zero-order valence-electron chi connectivity index (χ0n) is 10.3. The van der Waals surface area contributed by atoms with Gasteiger partial charge in [0.2, 0.25) is 0 Å². The van der Waals surface area contributed by atoms with Crippen molar-refractivity contribution < 1.29 is 5.11 Å². The fourth-order valence-corrected chi connectivity index (χ4v) is 3.95. The summed E-state index contributed by atoms with van der Waals surface area (Å²) in [7, 11) is 0. The van der Waals surface area contributed by atoms with Crippen molar-refractivity contribution in [1.29, 1.82) is 0 Å². The highest BCUT2D eigenvalue weighted by atomic mass is 16.3. The lowest BCUT2D eigenvalue weighted by Gasteiger charge is -2.41. The third kappa shape index (κ3) is 1.89. The molecule has 3 heteroatoms. The smallest absolute Gasteiger partial charge is 0.0570 e. The second-order valence-corrected chi connectivity index (χ2v) is 6.42. The monoisotopic (exact) mass is 224 g/mol. The average Bonchev–Trinajstić information content (AvgIpc) is 2.72. The number of rotatable bonds is 2. The van der Waals surface area contributed by atoms with E-state index in [0.717, 1.165) is 12.8 Å². The summed E-state index contributed by atoms with van der Waals surface area (Å²) in [5.74, 6) is 0. The van der Waals surface area contributed by atoms with Crippen molar-refractivity contribution in [3.05, 3.63) is 0 Å². The van der Waals surface area contributed by atoms with Crippen LogP contribution >= 0.6 is 0 Å². The third-order valence-corrected chi connectivity index (χ3v) is 4.88. The largest absolute Gasteiger partial charge is 0.393 e. The second kappa shape index (κ2) is 3.97. The molecule has 3 atom stereocenters. The van der Waals surface area contributed by atoms with Gasteiger partial charge in [0.05, 0.1) is 6.10 Å². The first-order valence-corrected chi connectivity index (χ1v) is 6.81. The number of piperidine rings is 1. The molecule has 3 fully saturated rings. The Hall–Kier alpha value is -0.120. The number of hydrogen-bond acceptors (Lipinski definition) is 3. The van der Waals surface area contributed by atoms with E-state index in [-0.39, 0.29) is 6.10 Å². The van der Waals surface area contributed by atoms with Gasteiger partial charge in [-0.3, -0.25) is 4.90 Å². The molecule has 16 heavy (non-hydrogen) atoms. The van der Waals surface area contributed by atoms with E-state index in [2.05, 4.69) is 17.1 Å². The number of nitrogens with zero attached hydrogens (tertiary/aromatic N) is 1. The van der Waals surface area contributed by atoms with Gasteiger partial charge >= 0.3 is 0 Å². The predicted octanol–water partition coefficient (Wildman–Crippen LogP) is 0.974. The molecule has 2 N–H and O–H groups in total. The van der Waals surface area contributed by atoms with E-state index in [9.17, 15) is 5.11 Å². The molecule has 3 unspecified atom stereocenters. The molecule has 0 saturated carbocycles. The minimum atomic E-state index is -0.0248. The minimum absolute atomic E-state index is 0.0248. The average molecular weight is 224 g/mol. The molecule has 0 aliphatic carbocycles. The molecule has 3 rings (SSSR count). The van der Waals surface area contributed by atoms with Crippen LogP contribution in [0.1, 0.15) is 39.0 Å². The first kappa shape index (κ1) is 11.0. The SMILES string of the molecule is CC1(CN2C3CCC2CC(O)C3)CCNC1. The first-order valence-electron chi connectivity index (χ1n) is 6.81. The second-order valence-electron chi connectivity index (χ2n) is 6.42. The Labute approximate surface area is 98.2 Å². The van der Waals surface area contributed by atoms with Crippen molar-refractivity contribution >= 4 is 0 Å². The number of aliphatic hydroxyl groups excluding tert-OH is 1. The van der Waals surface area contributed by atoms with E-state index in [1.807, 2.05) is 0 Å². The van der Waals surface area contributed by atoms with Gasteiger partial charge in [-0.15, -0.1) is 0 Å². The maximum atomic E-state index is 9.79. The molecule has 0 aromatic rings. The molecule has 3 aliphatic rings. The summed E-state index contributed by atoms with van der Waals surface area (Å²) in [6.07, 6.45) is 5.94. The molecule has 0 aromatic carbocycles. The Bertz CT molecular complexity index is 249. The molecule has 3 heterocycles. The lowest BCUT2D eigenvalue weighted by molar-refractivity contribution is 0.0159. The standard InChI is InChI=1S/C13H24N2O/c1-13(4-5-14-8-13)9-15-10-2-3-11(15)7-12(16)6-10/h10-12,14,16H,2-9H2,1H3. The van der Waals surface area contributed by atoms with E-state index in [4.69, 9.17) is 0 Å². The molecule has 3 aliphatic heterocycles. The van der Waals surface area contributed by atoms with Crippen molar-refractivity contribution in [2.24, 2.45) is 5.41 Å². The van der Waals surface area contributed by atoms with Crippen molar-refractivity contribution in [3.8, 4) is 0 Å². The summed E-state index contributed by atoms with van der Waals surface area (Å²) in [5.41, 5.74) is 0.475. The summed E-state index contributed by atoms with van der Waals surface area (Å²) >= 11 is 0. The summed E-state index contributed by atoms with van der Waals surface area (Å²) in [6.45, 7) is 6.01. The van der Waals surface area contributed by atoms with Gasteiger partial charge in [0.15, 0.2) is 0 Å². The fourth-order valence-electron chi connectivity index (χ4n) is 3.95. The van der Waals surface area contributed by atoms with Gasteiger partial charge in [0.25, 0.3) is 0 Å². The molecule has 0 amide bonds. The molecule has 92 valence electrons. The molecule has 3 nitrogen and oxygen atoms in total. The van der Waals surface area contributed by atoms with Crippen LogP contribution < -0.4 is 5.32 Å². The van der Waals surface area contributed by atoms with Crippen LogP contribution in [0.15, 0.2) is 0 Å². The summed E-state index contributed by atoms with van der Waals surface area (Å²) in [4.78, 5) is 2.71. The summed E-state index contributed by atoms with van der Waals surface area (Å²) < 4.78 is 0. The molecule has 3 saturated heterocycles. The van der Waals surface area contributed by atoms with Crippen LogP contribution in [0.4, 0.5) is 0 Å². The van der Waals surface area contributed by atoms with Gasteiger partial charge in [-0.05, 0) is 44.1 Å². The molecular formula is C13H24N2O. The van der Waals surface area contributed by atoms with E-state index in [0.29, 0.717) is 17.5 Å². The van der Waals surface area contributed by atoms with Crippen LogP contribution in [-0.2, 0) is 0 Å². The summed E-state index contributed by atoms with van der Waals surface area (Å²) in [5, 5.41) is 13.3. The van der Waals surface area contributed by atoms with Crippen LogP contribution in [0.5, 0.6) is 0 Å². The Morgan fingerprint density at radius 3 is 2.56 bits per heavy atom. The molecule has 0 radical (unpaired) electrons. The van der Waals surface area contributed by atoms with Crippen molar-refractivity contribution in [1.82, 2.24) is 10.2 Å². The van der Waals surface area contributed by atoms with Crippen LogP contribution in [-0.4, -0.2) is 47.8 Å². The van der Waals surface area contributed by atoms with E-state index >= 15 is 0 Å². The number of aliphatic hydroxyl groups is 1. The van der Waals surface area contributed by atoms with Crippen molar-refractivity contribution in [2.45, 2.75) is 57.2 Å². The zero-order valence-corrected chi connectivity index (χ0v) is 10.3. The highest BCUT2D eigenvalue weighted by Crippen LogP contribution is 2.39. The lowest BCUT2D eigenvalue weighted by atomic mass is 9.87. The van der Waals surface area contributed by atoms with Crippen LogP contribution in [0, 0.1) is 5.41 Å². The number of fused-ring (bicyclic) bond motifs is 2. The van der Waals surface area contributed by atoms with Crippen LogP contribution in [0.25, 0.3) is 0 Å². The molecule has 2 bridgehead atoms. The molecule has 0 spiro atoms. The van der Waals surface area contributed by atoms with Gasteiger partial charge in [0.1, 0.15) is 0 Å². The van der Waals surface area contributed by atoms with Gasteiger partial charge in [-0.2, -0.15) is 0 Å². The van der Waals surface area contributed by atoms with Crippen LogP contribution in [0.2, 0.25) is 0 Å². The molecule has 0 aromatic heterocycles. The maximum Gasteiger partial charge on any atom is 0.0570 e. The first-order chi connectivity index (χ1) is 7.66. The van der Waals surface area contributed by atoms with E-state index < -0.39 is 0 Å². The summed E-state index contributed by atoms with van der Waals surface area (Å²) in [6, 6.07) is 1.34. The Kier molecular flexibility index (Phi) is 2.73. The zero-order chi connectivity index (χ0) is 11.2. The maximum absolute atomic E-state index is 9.79. The topological polar surface area (TPSA) is 35.5 Å². The van der Waals surface area contributed by atoms with Gasteiger partial charge in [-0.1, -0.05) is 6.92 Å². The van der Waals surface area contributed by atoms with E-state index in [1.54, 1.807) is 0 Å². The van der Waals surface area contributed by atoms with Crippen LogP contribution in [0.3, 0.4) is 0 Å². The molecular weight excluding hydrogens is 200 g/mol. The number of nitrogens with one attached hydrogen (secondary N) is 1. The normalized spacial score (nSPS) is 48.8. The Balaban J connectivity index is 1.67. The van der Waals surface area contributed by atoms with E-state index in [1.165, 1.54) is 38.9 Å². The minimum Gasteiger partial charge on any atom is -0.393 e. The highest BCUT2D eigenvalue weighted by molar-refractivity contribution is 4.98.